The summed E-state index contributed by atoms with van der Waals surface area (Å²) in [4.78, 5) is 11.9. The van der Waals surface area contributed by atoms with Crippen LogP contribution in [0.2, 0.25) is 5.02 Å². The third kappa shape index (κ3) is 3.08. The normalized spacial score (nSPS) is 22.7. The Morgan fingerprint density at radius 3 is 2.95 bits per heavy atom. The molecule has 1 fully saturated rings. The molecule has 1 aromatic rings. The van der Waals surface area contributed by atoms with E-state index in [0.717, 1.165) is 23.9 Å². The van der Waals surface area contributed by atoms with E-state index in [-0.39, 0.29) is 36.7 Å². The van der Waals surface area contributed by atoms with Crippen molar-refractivity contribution in [3.63, 3.8) is 0 Å². The lowest BCUT2D eigenvalue weighted by molar-refractivity contribution is 0.222. The van der Waals surface area contributed by atoms with E-state index in [1.807, 2.05) is 0 Å². The van der Waals surface area contributed by atoms with E-state index in [1.54, 1.807) is 0 Å². The number of rotatable bonds is 5. The van der Waals surface area contributed by atoms with E-state index in [0.29, 0.717) is 5.69 Å². The molecule has 2 unspecified atom stereocenters. The molecule has 1 heterocycles. The van der Waals surface area contributed by atoms with Gasteiger partial charge in [0.2, 0.25) is 0 Å². The van der Waals surface area contributed by atoms with Gasteiger partial charge < -0.3 is 15.5 Å². The maximum Gasteiger partial charge on any atom is 0.287 e. The summed E-state index contributed by atoms with van der Waals surface area (Å²) in [5, 5.41) is 25.3. The van der Waals surface area contributed by atoms with E-state index >= 15 is 0 Å². The van der Waals surface area contributed by atoms with Crippen LogP contribution in [-0.4, -0.2) is 39.2 Å². The van der Waals surface area contributed by atoms with Crippen molar-refractivity contribution in [2.75, 3.05) is 18.5 Å². The molecule has 2 rings (SSSR count). The average Bonchev–Trinajstić information content (AvgIpc) is 2.86. The molecule has 0 amide bonds. The summed E-state index contributed by atoms with van der Waals surface area (Å²) in [5.41, 5.74) is 0.0745. The summed E-state index contributed by atoms with van der Waals surface area (Å²) in [6.45, 7) is 0.0943. The summed E-state index contributed by atoms with van der Waals surface area (Å²) in [6, 6.07) is 0.123. The van der Waals surface area contributed by atoms with E-state index < -0.39 is 5.56 Å². The Labute approximate surface area is 116 Å². The smallest absolute Gasteiger partial charge is 0.287 e. The summed E-state index contributed by atoms with van der Waals surface area (Å²) < 4.78 is 1.13. The highest BCUT2D eigenvalue weighted by atomic mass is 35.5. The first-order chi connectivity index (χ1) is 9.17. The van der Waals surface area contributed by atoms with Crippen molar-refractivity contribution < 1.29 is 10.2 Å². The van der Waals surface area contributed by atoms with Gasteiger partial charge in [0.15, 0.2) is 0 Å². The van der Waals surface area contributed by atoms with Crippen molar-refractivity contribution in [1.29, 1.82) is 0 Å². The van der Waals surface area contributed by atoms with Gasteiger partial charge in [-0.05, 0) is 12.8 Å². The molecular formula is C12H18ClN3O3. The fraction of sp³-hybridized carbons (Fsp3) is 0.667. The van der Waals surface area contributed by atoms with Gasteiger partial charge in [-0.3, -0.25) is 4.79 Å². The van der Waals surface area contributed by atoms with E-state index in [9.17, 15) is 9.90 Å². The molecule has 0 aliphatic heterocycles. The number of aromatic nitrogens is 2. The molecule has 0 bridgehead atoms. The fourth-order valence-corrected chi connectivity index (χ4v) is 2.67. The molecule has 1 aromatic heterocycles. The van der Waals surface area contributed by atoms with Crippen LogP contribution >= 0.6 is 11.6 Å². The second-order valence-corrected chi connectivity index (χ2v) is 5.13. The SMILES string of the molecule is O=c1c(Cl)c(NC2CCCC2CO)cnn1CCO. The van der Waals surface area contributed by atoms with Gasteiger partial charge in [-0.15, -0.1) is 0 Å². The molecule has 2 atom stereocenters. The standard InChI is InChI=1S/C12H18ClN3O3/c13-11-10(6-14-16(4-5-17)12(11)19)15-9-3-1-2-8(9)7-18/h6,8-9,15,17-18H,1-5,7H2. The van der Waals surface area contributed by atoms with Crippen molar-refractivity contribution in [3.05, 3.63) is 21.6 Å². The quantitative estimate of drug-likeness (QED) is 0.732. The molecule has 0 saturated heterocycles. The van der Waals surface area contributed by atoms with Crippen molar-refractivity contribution in [2.45, 2.75) is 31.8 Å². The number of hydrogen-bond donors (Lipinski definition) is 3. The minimum Gasteiger partial charge on any atom is -0.396 e. The predicted molar refractivity (Wildman–Crippen MR) is 72.4 cm³/mol. The first-order valence-electron chi connectivity index (χ1n) is 6.41. The third-order valence-corrected chi connectivity index (χ3v) is 3.90. The Kier molecular flexibility index (Phi) is 4.79. The molecule has 1 saturated carbocycles. The third-order valence-electron chi connectivity index (χ3n) is 3.53. The molecule has 0 radical (unpaired) electrons. The zero-order valence-electron chi connectivity index (χ0n) is 10.5. The topological polar surface area (TPSA) is 87.4 Å². The second-order valence-electron chi connectivity index (χ2n) is 4.75. The van der Waals surface area contributed by atoms with Crippen LogP contribution in [-0.2, 0) is 6.54 Å². The molecule has 7 heteroatoms. The second kappa shape index (κ2) is 6.36. The number of nitrogens with zero attached hydrogens (tertiary/aromatic N) is 2. The van der Waals surface area contributed by atoms with Crippen LogP contribution in [0.5, 0.6) is 0 Å². The minimum atomic E-state index is -0.417. The van der Waals surface area contributed by atoms with Crippen molar-refractivity contribution in [1.82, 2.24) is 9.78 Å². The largest absolute Gasteiger partial charge is 0.396 e. The van der Waals surface area contributed by atoms with Crippen LogP contribution in [0.15, 0.2) is 11.0 Å². The number of anilines is 1. The van der Waals surface area contributed by atoms with Gasteiger partial charge in [0.1, 0.15) is 5.02 Å². The number of aliphatic hydroxyl groups is 2. The van der Waals surface area contributed by atoms with E-state index in [1.165, 1.54) is 6.20 Å². The van der Waals surface area contributed by atoms with Gasteiger partial charge in [-0.2, -0.15) is 5.10 Å². The molecule has 1 aliphatic rings. The number of nitrogens with one attached hydrogen (secondary N) is 1. The monoisotopic (exact) mass is 287 g/mol. The zero-order valence-corrected chi connectivity index (χ0v) is 11.3. The highest BCUT2D eigenvalue weighted by Crippen LogP contribution is 2.29. The summed E-state index contributed by atoms with van der Waals surface area (Å²) in [5.74, 6) is 0.191. The fourth-order valence-electron chi connectivity index (χ4n) is 2.46. The lowest BCUT2D eigenvalue weighted by atomic mass is 10.1. The van der Waals surface area contributed by atoms with Crippen LogP contribution in [0.4, 0.5) is 5.69 Å². The molecule has 0 aromatic carbocycles. The highest BCUT2D eigenvalue weighted by Gasteiger charge is 2.27. The summed E-state index contributed by atoms with van der Waals surface area (Å²) in [7, 11) is 0. The van der Waals surface area contributed by atoms with Crippen LogP contribution in [0.25, 0.3) is 0 Å². The molecule has 106 valence electrons. The Morgan fingerprint density at radius 2 is 2.26 bits per heavy atom. The van der Waals surface area contributed by atoms with Crippen LogP contribution in [0, 0.1) is 5.92 Å². The Hall–Kier alpha value is -1.11. The van der Waals surface area contributed by atoms with Gasteiger partial charge in [-0.25, -0.2) is 4.68 Å². The summed E-state index contributed by atoms with van der Waals surface area (Å²) in [6.07, 6.45) is 4.46. The van der Waals surface area contributed by atoms with Gasteiger partial charge in [0, 0.05) is 18.6 Å². The maximum atomic E-state index is 11.9. The van der Waals surface area contributed by atoms with Gasteiger partial charge >= 0.3 is 0 Å². The van der Waals surface area contributed by atoms with Gasteiger partial charge in [0.05, 0.1) is 25.0 Å². The zero-order chi connectivity index (χ0) is 13.8. The van der Waals surface area contributed by atoms with Gasteiger partial charge in [0.25, 0.3) is 5.56 Å². The van der Waals surface area contributed by atoms with E-state index in [4.69, 9.17) is 16.7 Å². The lowest BCUT2D eigenvalue weighted by Crippen LogP contribution is -2.30. The number of hydrogen-bond acceptors (Lipinski definition) is 5. The average molecular weight is 288 g/mol. The van der Waals surface area contributed by atoms with Gasteiger partial charge in [-0.1, -0.05) is 18.0 Å². The van der Waals surface area contributed by atoms with Crippen molar-refractivity contribution in [2.24, 2.45) is 5.92 Å². The summed E-state index contributed by atoms with van der Waals surface area (Å²) >= 11 is 6.02. The van der Waals surface area contributed by atoms with Crippen LogP contribution in [0.3, 0.4) is 0 Å². The molecule has 6 nitrogen and oxygen atoms in total. The Morgan fingerprint density at radius 1 is 1.47 bits per heavy atom. The molecule has 1 aliphatic carbocycles. The van der Waals surface area contributed by atoms with Crippen LogP contribution < -0.4 is 10.9 Å². The number of aliphatic hydroxyl groups excluding tert-OH is 2. The lowest BCUT2D eigenvalue weighted by Gasteiger charge is -2.20. The Bertz CT molecular complexity index is 492. The maximum absolute atomic E-state index is 11.9. The first kappa shape index (κ1) is 14.3. The molecule has 19 heavy (non-hydrogen) atoms. The molecule has 0 spiro atoms. The number of halogens is 1. The molecule has 3 N–H and O–H groups in total. The Balaban J connectivity index is 2.17. The predicted octanol–water partition coefficient (Wildman–Crippen LogP) is 0.462. The first-order valence-corrected chi connectivity index (χ1v) is 6.79. The molecular weight excluding hydrogens is 270 g/mol. The van der Waals surface area contributed by atoms with E-state index in [2.05, 4.69) is 10.4 Å². The van der Waals surface area contributed by atoms with Crippen molar-refractivity contribution >= 4 is 17.3 Å². The van der Waals surface area contributed by atoms with Crippen LogP contribution in [0.1, 0.15) is 19.3 Å². The minimum absolute atomic E-state index is 0.0760. The van der Waals surface area contributed by atoms with Crippen molar-refractivity contribution in [3.8, 4) is 0 Å². The highest BCUT2D eigenvalue weighted by molar-refractivity contribution is 6.32.